The summed E-state index contributed by atoms with van der Waals surface area (Å²) in [5, 5.41) is 5.33. The number of fused-ring (bicyclic) bond motifs is 1. The molecule has 0 atom stereocenters. The number of hydrogen-bond donors (Lipinski definition) is 2. The zero-order valence-electron chi connectivity index (χ0n) is 22.2. The van der Waals surface area contributed by atoms with Crippen molar-refractivity contribution in [1.29, 1.82) is 0 Å². The zero-order valence-corrected chi connectivity index (χ0v) is 23.0. The second-order valence-corrected chi connectivity index (χ2v) is 9.92. The van der Waals surface area contributed by atoms with Crippen molar-refractivity contribution in [3.8, 4) is 11.5 Å². The van der Waals surface area contributed by atoms with Gasteiger partial charge in [0.15, 0.2) is 0 Å². The number of benzene rings is 3. The van der Waals surface area contributed by atoms with E-state index in [0.717, 1.165) is 37.0 Å². The number of imide groups is 1. The molecule has 8 heteroatoms. The Labute approximate surface area is 228 Å². The van der Waals surface area contributed by atoms with Crippen LogP contribution in [0.15, 0.2) is 42.5 Å². The summed E-state index contributed by atoms with van der Waals surface area (Å²) < 4.78 is 20.5. The van der Waals surface area contributed by atoms with E-state index in [2.05, 4.69) is 35.7 Å². The first-order chi connectivity index (χ1) is 18.2. The van der Waals surface area contributed by atoms with E-state index in [1.54, 1.807) is 0 Å². The van der Waals surface area contributed by atoms with E-state index in [0.29, 0.717) is 34.9 Å². The molecule has 1 aliphatic rings. The lowest BCUT2D eigenvalue weighted by atomic mass is 9.89. The lowest BCUT2D eigenvalue weighted by Gasteiger charge is -2.27. The van der Waals surface area contributed by atoms with E-state index in [-0.39, 0.29) is 5.56 Å². The first kappa shape index (κ1) is 27.5. The second-order valence-electron chi connectivity index (χ2n) is 9.54. The van der Waals surface area contributed by atoms with Crippen LogP contribution in [0.2, 0.25) is 5.02 Å². The molecule has 0 unspecified atom stereocenters. The summed E-state index contributed by atoms with van der Waals surface area (Å²) in [5.74, 6) is -0.153. The molecule has 0 saturated carbocycles. The van der Waals surface area contributed by atoms with Gasteiger partial charge in [0, 0.05) is 31.0 Å². The molecule has 0 aromatic heterocycles. The van der Waals surface area contributed by atoms with Crippen LogP contribution in [0, 0.1) is 5.82 Å². The van der Waals surface area contributed by atoms with Crippen LogP contribution in [-0.2, 0) is 25.7 Å². The molecule has 0 radical (unpaired) electrons. The number of halogens is 2. The van der Waals surface area contributed by atoms with Gasteiger partial charge in [-0.25, -0.2) is 9.18 Å². The molecule has 3 aromatic carbocycles. The topological polar surface area (TPSA) is 70.7 Å². The predicted molar refractivity (Wildman–Crippen MR) is 151 cm³/mol. The summed E-state index contributed by atoms with van der Waals surface area (Å²) in [5.41, 5.74) is 5.52. The van der Waals surface area contributed by atoms with Gasteiger partial charge in [-0.3, -0.25) is 10.1 Å². The number of aryl methyl sites for hydroxylation is 1. The quantitative estimate of drug-likeness (QED) is 0.331. The average molecular weight is 538 g/mol. The maximum atomic E-state index is 14.0. The van der Waals surface area contributed by atoms with Gasteiger partial charge in [0.2, 0.25) is 0 Å². The lowest BCUT2D eigenvalue weighted by molar-refractivity contribution is 0.0963. The van der Waals surface area contributed by atoms with Crippen molar-refractivity contribution in [3.05, 3.63) is 81.1 Å². The van der Waals surface area contributed by atoms with Crippen molar-refractivity contribution in [2.75, 3.05) is 24.3 Å². The molecule has 4 rings (SSSR count). The Bertz CT molecular complexity index is 1370. The van der Waals surface area contributed by atoms with Crippen LogP contribution in [-0.4, -0.2) is 26.0 Å². The molecule has 0 saturated heterocycles. The van der Waals surface area contributed by atoms with Gasteiger partial charge in [-0.05, 0) is 85.5 Å². The Morgan fingerprint density at radius 2 is 1.74 bits per heavy atom. The van der Waals surface area contributed by atoms with Gasteiger partial charge >= 0.3 is 6.03 Å². The third-order valence-electron chi connectivity index (χ3n) is 6.89. The normalized spacial score (nSPS) is 12.5. The smallest absolute Gasteiger partial charge is 0.326 e. The maximum Gasteiger partial charge on any atom is 0.326 e. The molecular weight excluding hydrogens is 505 g/mol. The molecule has 3 aromatic rings. The number of carbonyl (C=O) groups excluding carboxylic acids is 2. The summed E-state index contributed by atoms with van der Waals surface area (Å²) in [4.78, 5) is 27.2. The molecule has 2 N–H and O–H groups in total. The molecule has 0 spiro atoms. The van der Waals surface area contributed by atoms with Crippen molar-refractivity contribution in [3.63, 3.8) is 0 Å². The van der Waals surface area contributed by atoms with E-state index in [1.807, 2.05) is 26.0 Å². The van der Waals surface area contributed by atoms with E-state index < -0.39 is 17.8 Å². The second kappa shape index (κ2) is 11.9. The molecule has 38 heavy (non-hydrogen) atoms. The molecule has 3 amide bonds. The highest BCUT2D eigenvalue weighted by molar-refractivity contribution is 6.33. The van der Waals surface area contributed by atoms with Gasteiger partial charge < -0.3 is 15.0 Å². The molecule has 0 aliphatic heterocycles. The van der Waals surface area contributed by atoms with E-state index in [4.69, 9.17) is 16.3 Å². The Morgan fingerprint density at radius 3 is 2.39 bits per heavy atom. The van der Waals surface area contributed by atoms with E-state index in [1.165, 1.54) is 41.1 Å². The van der Waals surface area contributed by atoms with Gasteiger partial charge in [0.1, 0.15) is 17.3 Å². The number of urea groups is 1. The summed E-state index contributed by atoms with van der Waals surface area (Å²) in [6, 6.07) is 10.6. The van der Waals surface area contributed by atoms with E-state index >= 15 is 0 Å². The van der Waals surface area contributed by atoms with Crippen LogP contribution < -0.4 is 20.3 Å². The van der Waals surface area contributed by atoms with Crippen LogP contribution in [0.4, 0.5) is 20.6 Å². The van der Waals surface area contributed by atoms with Crippen LogP contribution in [0.25, 0.3) is 0 Å². The number of rotatable bonds is 7. The predicted octanol–water partition coefficient (Wildman–Crippen LogP) is 7.30. The Morgan fingerprint density at radius 1 is 1.03 bits per heavy atom. The molecule has 6 nitrogen and oxygen atoms in total. The minimum Gasteiger partial charge on any atom is -0.455 e. The molecule has 200 valence electrons. The number of anilines is 2. The van der Waals surface area contributed by atoms with Gasteiger partial charge in [-0.15, -0.1) is 0 Å². The average Bonchev–Trinajstić information content (AvgIpc) is 2.90. The molecular formula is C30H33ClFN3O3. The molecule has 0 heterocycles. The molecule has 0 bridgehead atoms. The number of carbonyl (C=O) groups is 2. The van der Waals surface area contributed by atoms with Crippen molar-refractivity contribution >= 4 is 34.9 Å². The Kier molecular flexibility index (Phi) is 8.57. The van der Waals surface area contributed by atoms with Gasteiger partial charge in [-0.1, -0.05) is 37.6 Å². The van der Waals surface area contributed by atoms with Crippen LogP contribution >= 0.6 is 11.6 Å². The highest BCUT2D eigenvalue weighted by atomic mass is 35.5. The van der Waals surface area contributed by atoms with Crippen molar-refractivity contribution in [2.24, 2.45) is 0 Å². The van der Waals surface area contributed by atoms with Gasteiger partial charge in [0.25, 0.3) is 5.91 Å². The monoisotopic (exact) mass is 537 g/mol. The minimum absolute atomic E-state index is 0.210. The van der Waals surface area contributed by atoms with Gasteiger partial charge in [-0.2, -0.15) is 0 Å². The highest BCUT2D eigenvalue weighted by Crippen LogP contribution is 2.43. The fraction of sp³-hybridized carbons (Fsp3) is 0.333. The van der Waals surface area contributed by atoms with E-state index in [9.17, 15) is 14.0 Å². The lowest BCUT2D eigenvalue weighted by Crippen LogP contribution is -2.35. The van der Waals surface area contributed by atoms with Crippen molar-refractivity contribution in [1.82, 2.24) is 5.32 Å². The summed E-state index contributed by atoms with van der Waals surface area (Å²) in [6.07, 6.45) is 5.35. The third-order valence-corrected chi connectivity index (χ3v) is 7.29. The van der Waals surface area contributed by atoms with Crippen molar-refractivity contribution < 1.29 is 18.7 Å². The van der Waals surface area contributed by atoms with Crippen LogP contribution in [0.5, 0.6) is 11.5 Å². The third kappa shape index (κ3) is 5.63. The number of hydrogen-bond acceptors (Lipinski definition) is 4. The number of nitrogens with one attached hydrogen (secondary N) is 2. The van der Waals surface area contributed by atoms with Crippen LogP contribution in [0.1, 0.15) is 59.3 Å². The molecule has 1 aliphatic carbocycles. The fourth-order valence-electron chi connectivity index (χ4n) is 4.96. The first-order valence-electron chi connectivity index (χ1n) is 13.0. The Hall–Kier alpha value is -3.58. The summed E-state index contributed by atoms with van der Waals surface area (Å²) in [6.45, 7) is 3.91. The summed E-state index contributed by atoms with van der Waals surface area (Å²) >= 11 is 6.90. The Balaban J connectivity index is 1.63. The largest absolute Gasteiger partial charge is 0.455 e. The highest BCUT2D eigenvalue weighted by Gasteiger charge is 2.23. The number of nitrogens with zero attached hydrogens (tertiary/aromatic N) is 1. The summed E-state index contributed by atoms with van der Waals surface area (Å²) in [7, 11) is 4.10. The molecule has 0 fully saturated rings. The maximum absolute atomic E-state index is 14.0. The SMILES string of the molecule is CCc1cc(NC(=O)NC(=O)c2ccccc2F)c(CC)c(Cl)c1Oc1ccc(N(C)C)c2c1CCCC2. The zero-order chi connectivity index (χ0) is 27.4. The van der Waals surface area contributed by atoms with Crippen molar-refractivity contribution in [2.45, 2.75) is 52.4 Å². The first-order valence-corrected chi connectivity index (χ1v) is 13.3. The number of amides is 3. The fourth-order valence-corrected chi connectivity index (χ4v) is 5.36. The van der Waals surface area contributed by atoms with Gasteiger partial charge in [0.05, 0.1) is 10.6 Å². The van der Waals surface area contributed by atoms with Crippen LogP contribution in [0.3, 0.4) is 0 Å². The standard InChI is InChI=1S/C30H33ClFN3O3/c1-5-18-17-24(33-30(37)34-29(36)22-13-9-10-14-23(22)32)19(6-2)27(31)28(18)38-26-16-15-25(35(3)4)20-11-7-8-12-21(20)26/h9-10,13-17H,5-8,11-12H2,1-4H3,(H2,33,34,36,37). The number of ether oxygens (including phenoxy) is 1. The minimum atomic E-state index is -0.827.